The second-order valence-electron chi connectivity index (χ2n) is 6.58. The van der Waals surface area contributed by atoms with Gasteiger partial charge < -0.3 is 4.57 Å². The van der Waals surface area contributed by atoms with Crippen molar-refractivity contribution < 1.29 is 0 Å². The molecule has 2 aromatic rings. The molecule has 0 aromatic carbocycles. The molecule has 120 valence electrons. The van der Waals surface area contributed by atoms with E-state index in [-0.39, 0.29) is 0 Å². The molecular formula is C17H27N5. The summed E-state index contributed by atoms with van der Waals surface area (Å²) in [6.07, 6.45) is 10.6. The van der Waals surface area contributed by atoms with Crippen LogP contribution in [0, 0.1) is 5.92 Å². The van der Waals surface area contributed by atoms with Gasteiger partial charge in [-0.05, 0) is 45.7 Å². The molecule has 2 aromatic heterocycles. The molecule has 0 bridgehead atoms. The first kappa shape index (κ1) is 15.3. The third-order valence-corrected chi connectivity index (χ3v) is 4.87. The van der Waals surface area contributed by atoms with Gasteiger partial charge in [-0.15, -0.1) is 0 Å². The summed E-state index contributed by atoms with van der Waals surface area (Å²) in [5.41, 5.74) is 2.32. The minimum absolute atomic E-state index is 0.543. The van der Waals surface area contributed by atoms with Crippen LogP contribution in [0.1, 0.15) is 33.6 Å². The van der Waals surface area contributed by atoms with Crippen molar-refractivity contribution in [2.24, 2.45) is 5.92 Å². The summed E-state index contributed by atoms with van der Waals surface area (Å²) >= 11 is 0. The van der Waals surface area contributed by atoms with E-state index in [1.54, 1.807) is 0 Å². The first-order chi connectivity index (χ1) is 10.7. The Morgan fingerprint density at radius 3 is 2.73 bits per heavy atom. The van der Waals surface area contributed by atoms with Gasteiger partial charge in [0.2, 0.25) is 0 Å². The molecule has 1 atom stereocenters. The van der Waals surface area contributed by atoms with Gasteiger partial charge in [0.05, 0.1) is 24.4 Å². The Bertz CT molecular complexity index is 592. The number of aryl methyl sites for hydroxylation is 1. The molecule has 0 saturated carbocycles. The molecular weight excluding hydrogens is 274 g/mol. The molecule has 1 fully saturated rings. The van der Waals surface area contributed by atoms with Gasteiger partial charge in [0.1, 0.15) is 0 Å². The molecule has 1 aliphatic heterocycles. The van der Waals surface area contributed by atoms with E-state index in [4.69, 9.17) is 0 Å². The first-order valence-corrected chi connectivity index (χ1v) is 8.44. The van der Waals surface area contributed by atoms with Crippen molar-refractivity contribution in [2.45, 2.75) is 52.7 Å². The van der Waals surface area contributed by atoms with Crippen LogP contribution in [0.5, 0.6) is 0 Å². The van der Waals surface area contributed by atoms with Crippen LogP contribution in [-0.2, 0) is 13.1 Å². The van der Waals surface area contributed by atoms with Crippen LogP contribution < -0.4 is 0 Å². The van der Waals surface area contributed by atoms with Gasteiger partial charge in [0, 0.05) is 30.9 Å². The molecule has 0 aliphatic carbocycles. The van der Waals surface area contributed by atoms with Crippen molar-refractivity contribution >= 4 is 0 Å². The van der Waals surface area contributed by atoms with Gasteiger partial charge in [0.15, 0.2) is 0 Å². The molecule has 3 heterocycles. The van der Waals surface area contributed by atoms with Gasteiger partial charge in [0.25, 0.3) is 0 Å². The maximum absolute atomic E-state index is 4.37. The zero-order valence-electron chi connectivity index (χ0n) is 13.9. The zero-order valence-corrected chi connectivity index (χ0v) is 13.9. The van der Waals surface area contributed by atoms with E-state index < -0.39 is 0 Å². The van der Waals surface area contributed by atoms with E-state index in [0.29, 0.717) is 6.04 Å². The average molecular weight is 301 g/mol. The topological polar surface area (TPSA) is 38.9 Å². The Morgan fingerprint density at radius 1 is 1.27 bits per heavy atom. The number of imidazole rings is 1. The highest BCUT2D eigenvalue weighted by molar-refractivity contribution is 5.56. The minimum Gasteiger partial charge on any atom is -0.329 e. The molecule has 0 spiro atoms. The Hall–Kier alpha value is -1.62. The summed E-state index contributed by atoms with van der Waals surface area (Å²) in [4.78, 5) is 6.96. The first-order valence-electron chi connectivity index (χ1n) is 8.44. The Labute approximate surface area is 133 Å². The summed E-state index contributed by atoms with van der Waals surface area (Å²) in [5.74, 6) is 0.882. The van der Waals surface area contributed by atoms with Crippen molar-refractivity contribution in [1.29, 1.82) is 0 Å². The number of rotatable bonds is 5. The van der Waals surface area contributed by atoms with Gasteiger partial charge in [-0.2, -0.15) is 5.10 Å². The van der Waals surface area contributed by atoms with Crippen molar-refractivity contribution in [2.75, 3.05) is 13.1 Å². The van der Waals surface area contributed by atoms with E-state index in [1.165, 1.54) is 25.9 Å². The lowest BCUT2D eigenvalue weighted by molar-refractivity contribution is 0.135. The molecule has 0 unspecified atom stereocenters. The molecule has 22 heavy (non-hydrogen) atoms. The Kier molecular flexibility index (Phi) is 4.62. The Balaban J connectivity index is 1.69. The van der Waals surface area contributed by atoms with Crippen molar-refractivity contribution in [3.05, 3.63) is 24.9 Å². The normalized spacial score (nSPS) is 18.7. The molecule has 0 N–H and O–H groups in total. The van der Waals surface area contributed by atoms with E-state index in [2.05, 4.69) is 46.5 Å². The van der Waals surface area contributed by atoms with Crippen LogP contribution in [0.25, 0.3) is 11.3 Å². The highest BCUT2D eigenvalue weighted by Gasteiger charge is 2.21. The third kappa shape index (κ3) is 3.24. The number of likely N-dealkylation sites (tertiary alicyclic amines) is 1. The third-order valence-electron chi connectivity index (χ3n) is 4.87. The standard InChI is InChI=1S/C17H27N5/c1-4-22-12-16(9-19-22)17-10-18-13-21(17)11-15(3)20-7-5-14(2)6-8-20/h9-10,12-15H,4-8,11H2,1-3H3/t15-/m0/s1. The molecule has 0 radical (unpaired) electrons. The van der Waals surface area contributed by atoms with Crippen LogP contribution in [0.4, 0.5) is 0 Å². The smallest absolute Gasteiger partial charge is 0.0951 e. The SMILES string of the molecule is CCn1cc(-c2cncn2C[C@H](C)N2CCC(C)CC2)cn1. The predicted molar refractivity (Wildman–Crippen MR) is 88.6 cm³/mol. The molecule has 0 amide bonds. The predicted octanol–water partition coefficient (Wildman–Crippen LogP) is 2.89. The molecule has 3 rings (SSSR count). The number of nitrogens with zero attached hydrogens (tertiary/aromatic N) is 5. The maximum atomic E-state index is 4.37. The monoisotopic (exact) mass is 301 g/mol. The number of hydrogen-bond acceptors (Lipinski definition) is 3. The van der Waals surface area contributed by atoms with E-state index in [0.717, 1.165) is 30.3 Å². The molecule has 1 aliphatic rings. The lowest BCUT2D eigenvalue weighted by Crippen LogP contribution is -2.41. The van der Waals surface area contributed by atoms with Gasteiger partial charge in [-0.3, -0.25) is 9.58 Å². The van der Waals surface area contributed by atoms with E-state index in [9.17, 15) is 0 Å². The fourth-order valence-electron chi connectivity index (χ4n) is 3.24. The number of hydrogen-bond donors (Lipinski definition) is 0. The molecule has 5 heteroatoms. The maximum Gasteiger partial charge on any atom is 0.0951 e. The van der Waals surface area contributed by atoms with Crippen LogP contribution in [-0.4, -0.2) is 43.4 Å². The van der Waals surface area contributed by atoms with Crippen LogP contribution in [0.3, 0.4) is 0 Å². The summed E-state index contributed by atoms with van der Waals surface area (Å²) in [5, 5.41) is 4.37. The number of aromatic nitrogens is 4. The van der Waals surface area contributed by atoms with Crippen molar-refractivity contribution in [1.82, 2.24) is 24.2 Å². The lowest BCUT2D eigenvalue weighted by Gasteiger charge is -2.35. The fraction of sp³-hybridized carbons (Fsp3) is 0.647. The quantitative estimate of drug-likeness (QED) is 0.852. The molecule has 5 nitrogen and oxygen atoms in total. The van der Waals surface area contributed by atoms with E-state index >= 15 is 0 Å². The minimum atomic E-state index is 0.543. The van der Waals surface area contributed by atoms with Crippen LogP contribution in [0.15, 0.2) is 24.9 Å². The average Bonchev–Trinajstić information content (AvgIpc) is 3.16. The second-order valence-corrected chi connectivity index (χ2v) is 6.58. The van der Waals surface area contributed by atoms with Crippen LogP contribution in [0.2, 0.25) is 0 Å². The summed E-state index contributed by atoms with van der Waals surface area (Å²) in [6.45, 7) is 11.1. The lowest BCUT2D eigenvalue weighted by atomic mass is 9.98. The summed E-state index contributed by atoms with van der Waals surface area (Å²) < 4.78 is 4.22. The molecule has 1 saturated heterocycles. The van der Waals surface area contributed by atoms with Crippen molar-refractivity contribution in [3.63, 3.8) is 0 Å². The zero-order chi connectivity index (χ0) is 15.5. The fourth-order valence-corrected chi connectivity index (χ4v) is 3.24. The summed E-state index contributed by atoms with van der Waals surface area (Å²) in [6, 6.07) is 0.543. The van der Waals surface area contributed by atoms with E-state index in [1.807, 2.05) is 23.4 Å². The van der Waals surface area contributed by atoms with Gasteiger partial charge >= 0.3 is 0 Å². The van der Waals surface area contributed by atoms with Gasteiger partial charge in [-0.25, -0.2) is 4.98 Å². The van der Waals surface area contributed by atoms with Crippen LogP contribution >= 0.6 is 0 Å². The summed E-state index contributed by atoms with van der Waals surface area (Å²) in [7, 11) is 0. The highest BCUT2D eigenvalue weighted by Crippen LogP contribution is 2.22. The van der Waals surface area contributed by atoms with Gasteiger partial charge in [-0.1, -0.05) is 6.92 Å². The largest absolute Gasteiger partial charge is 0.329 e. The van der Waals surface area contributed by atoms with Crippen molar-refractivity contribution in [3.8, 4) is 11.3 Å². The number of piperidine rings is 1. The Morgan fingerprint density at radius 2 is 2.05 bits per heavy atom. The second kappa shape index (κ2) is 6.65. The highest BCUT2D eigenvalue weighted by atomic mass is 15.3.